The normalized spacial score (nSPS) is 31.5. The molecule has 19 heavy (non-hydrogen) atoms. The first-order valence-electron chi connectivity index (χ1n) is 8.14. The maximum absolute atomic E-state index is 2.49. The van der Waals surface area contributed by atoms with E-state index in [4.69, 9.17) is 0 Å². The molecule has 104 valence electrons. The first-order chi connectivity index (χ1) is 9.08. The zero-order chi connectivity index (χ0) is 13.6. The Labute approximate surface area is 118 Å². The number of fused-ring (bicyclic) bond motifs is 3. The van der Waals surface area contributed by atoms with Crippen molar-refractivity contribution < 1.29 is 0 Å². The zero-order valence-electron chi connectivity index (χ0n) is 13.0. The van der Waals surface area contributed by atoms with Crippen LogP contribution in [0.1, 0.15) is 67.2 Å². The highest BCUT2D eigenvalue weighted by molar-refractivity contribution is 5.40. The van der Waals surface area contributed by atoms with E-state index in [9.17, 15) is 0 Å². The van der Waals surface area contributed by atoms with E-state index in [0.29, 0.717) is 0 Å². The molecule has 0 saturated heterocycles. The number of aryl methyl sites for hydroxylation is 1. The zero-order valence-corrected chi connectivity index (χ0v) is 13.0. The molecule has 0 aliphatic heterocycles. The standard InChI is InChI=1S/C19H28/c1-12-5-10-18(14(3)13(12)2)15(4)19-11-16-6-8-17(19)9-7-16/h5,10,15-17,19H,6-9,11H2,1-4H3. The molecule has 0 N–H and O–H groups in total. The van der Waals surface area contributed by atoms with Crippen LogP contribution >= 0.6 is 0 Å². The number of benzene rings is 1. The van der Waals surface area contributed by atoms with Gasteiger partial charge >= 0.3 is 0 Å². The molecule has 3 saturated carbocycles. The fraction of sp³-hybridized carbons (Fsp3) is 0.684. The van der Waals surface area contributed by atoms with Gasteiger partial charge in [-0.2, -0.15) is 0 Å². The van der Waals surface area contributed by atoms with Crippen molar-refractivity contribution in [3.05, 3.63) is 34.4 Å². The molecule has 3 aliphatic carbocycles. The fourth-order valence-corrected chi connectivity index (χ4v) is 4.74. The summed E-state index contributed by atoms with van der Waals surface area (Å²) in [5.74, 6) is 3.77. The van der Waals surface area contributed by atoms with E-state index in [1.165, 1.54) is 43.2 Å². The number of hydrogen-bond acceptors (Lipinski definition) is 0. The maximum Gasteiger partial charge on any atom is -0.0157 e. The maximum atomic E-state index is 2.49. The summed E-state index contributed by atoms with van der Waals surface area (Å²) in [7, 11) is 0. The molecular weight excluding hydrogens is 228 g/mol. The van der Waals surface area contributed by atoms with Crippen molar-refractivity contribution in [3.63, 3.8) is 0 Å². The Hall–Kier alpha value is -0.780. The minimum atomic E-state index is 0.757. The molecule has 0 nitrogen and oxygen atoms in total. The van der Waals surface area contributed by atoms with Crippen molar-refractivity contribution >= 4 is 0 Å². The molecular formula is C19H28. The second-order valence-electron chi connectivity index (χ2n) is 7.19. The van der Waals surface area contributed by atoms with Crippen LogP contribution in [-0.4, -0.2) is 0 Å². The molecule has 3 aliphatic rings. The van der Waals surface area contributed by atoms with E-state index >= 15 is 0 Å². The number of hydrogen-bond donors (Lipinski definition) is 0. The van der Waals surface area contributed by atoms with Crippen LogP contribution in [0.25, 0.3) is 0 Å². The molecule has 3 fully saturated rings. The van der Waals surface area contributed by atoms with Gasteiger partial charge in [0.1, 0.15) is 0 Å². The Morgan fingerprint density at radius 1 is 0.947 bits per heavy atom. The van der Waals surface area contributed by atoms with Crippen molar-refractivity contribution in [2.24, 2.45) is 17.8 Å². The molecule has 2 atom stereocenters. The second-order valence-corrected chi connectivity index (χ2v) is 7.19. The van der Waals surface area contributed by atoms with E-state index in [-0.39, 0.29) is 0 Å². The third-order valence-electron chi connectivity index (χ3n) is 6.34. The Morgan fingerprint density at radius 3 is 2.21 bits per heavy atom. The average Bonchev–Trinajstić information content (AvgIpc) is 2.45. The predicted octanol–water partition coefficient (Wildman–Crippen LogP) is 5.54. The Kier molecular flexibility index (Phi) is 3.45. The summed E-state index contributed by atoms with van der Waals surface area (Å²) in [6, 6.07) is 4.74. The predicted molar refractivity (Wildman–Crippen MR) is 82.6 cm³/mol. The van der Waals surface area contributed by atoms with Gasteiger partial charge in [0.25, 0.3) is 0 Å². The van der Waals surface area contributed by atoms with Gasteiger partial charge in [-0.3, -0.25) is 0 Å². The van der Waals surface area contributed by atoms with E-state index in [2.05, 4.69) is 39.8 Å². The van der Waals surface area contributed by atoms with Gasteiger partial charge in [-0.25, -0.2) is 0 Å². The highest BCUT2D eigenvalue weighted by Crippen LogP contribution is 2.50. The van der Waals surface area contributed by atoms with Crippen LogP contribution in [0, 0.1) is 38.5 Å². The van der Waals surface area contributed by atoms with Crippen molar-refractivity contribution in [2.75, 3.05) is 0 Å². The first kappa shape index (κ1) is 13.2. The molecule has 0 amide bonds. The SMILES string of the molecule is Cc1ccc(C(C)C2CC3CCC2CC3)c(C)c1C. The van der Waals surface area contributed by atoms with E-state index in [1.807, 2.05) is 0 Å². The lowest BCUT2D eigenvalue weighted by atomic mass is 9.60. The monoisotopic (exact) mass is 256 g/mol. The van der Waals surface area contributed by atoms with Gasteiger partial charge in [-0.05, 0) is 86.0 Å². The van der Waals surface area contributed by atoms with E-state index < -0.39 is 0 Å². The van der Waals surface area contributed by atoms with Crippen LogP contribution in [0.15, 0.2) is 12.1 Å². The summed E-state index contributed by atoms with van der Waals surface area (Å²) in [6.45, 7) is 9.34. The summed E-state index contributed by atoms with van der Waals surface area (Å²) in [4.78, 5) is 0. The van der Waals surface area contributed by atoms with E-state index in [0.717, 1.165) is 23.7 Å². The smallest absolute Gasteiger partial charge is 0.0157 e. The lowest BCUT2D eigenvalue weighted by Crippen LogP contribution is -2.34. The van der Waals surface area contributed by atoms with Crippen LogP contribution in [0.2, 0.25) is 0 Å². The van der Waals surface area contributed by atoms with Crippen molar-refractivity contribution in [1.29, 1.82) is 0 Å². The van der Waals surface area contributed by atoms with Crippen LogP contribution in [-0.2, 0) is 0 Å². The average molecular weight is 256 g/mol. The first-order valence-corrected chi connectivity index (χ1v) is 8.14. The highest BCUT2D eigenvalue weighted by Gasteiger charge is 2.38. The summed E-state index contributed by atoms with van der Waals surface area (Å²) in [6.07, 6.45) is 7.53. The molecule has 2 unspecified atom stereocenters. The van der Waals surface area contributed by atoms with Crippen LogP contribution in [0.5, 0.6) is 0 Å². The molecule has 0 spiro atoms. The van der Waals surface area contributed by atoms with Crippen molar-refractivity contribution in [2.45, 2.75) is 65.7 Å². The minimum absolute atomic E-state index is 0.757. The topological polar surface area (TPSA) is 0 Å². The fourth-order valence-electron chi connectivity index (χ4n) is 4.74. The molecule has 2 bridgehead atoms. The van der Waals surface area contributed by atoms with Gasteiger partial charge in [-0.15, -0.1) is 0 Å². The summed E-state index contributed by atoms with van der Waals surface area (Å²) in [5.41, 5.74) is 6.12. The van der Waals surface area contributed by atoms with E-state index in [1.54, 1.807) is 11.1 Å². The highest BCUT2D eigenvalue weighted by atomic mass is 14.4. The van der Waals surface area contributed by atoms with Gasteiger partial charge in [0, 0.05) is 0 Å². The van der Waals surface area contributed by atoms with Crippen LogP contribution in [0.3, 0.4) is 0 Å². The summed E-state index contributed by atoms with van der Waals surface area (Å²) in [5, 5.41) is 0. The Morgan fingerprint density at radius 2 is 1.63 bits per heavy atom. The van der Waals surface area contributed by atoms with Crippen LogP contribution in [0.4, 0.5) is 0 Å². The molecule has 1 aromatic rings. The largest absolute Gasteiger partial charge is 0.0588 e. The third kappa shape index (κ3) is 2.24. The summed E-state index contributed by atoms with van der Waals surface area (Å²) < 4.78 is 0. The van der Waals surface area contributed by atoms with Crippen LogP contribution < -0.4 is 0 Å². The van der Waals surface area contributed by atoms with Gasteiger partial charge < -0.3 is 0 Å². The minimum Gasteiger partial charge on any atom is -0.0588 e. The lowest BCUT2D eigenvalue weighted by molar-refractivity contribution is 0.0833. The lowest BCUT2D eigenvalue weighted by Gasteiger charge is -2.45. The quantitative estimate of drug-likeness (QED) is 0.651. The number of rotatable bonds is 2. The third-order valence-corrected chi connectivity index (χ3v) is 6.34. The molecule has 0 radical (unpaired) electrons. The molecule has 0 heterocycles. The summed E-state index contributed by atoms with van der Waals surface area (Å²) >= 11 is 0. The van der Waals surface area contributed by atoms with Crippen molar-refractivity contribution in [3.8, 4) is 0 Å². The Bertz CT molecular complexity index is 463. The molecule has 0 heteroatoms. The van der Waals surface area contributed by atoms with Gasteiger partial charge in [-0.1, -0.05) is 31.9 Å². The molecule has 4 rings (SSSR count). The molecule has 0 aromatic heterocycles. The van der Waals surface area contributed by atoms with Gasteiger partial charge in [0.15, 0.2) is 0 Å². The second kappa shape index (κ2) is 4.96. The Balaban J connectivity index is 1.88. The van der Waals surface area contributed by atoms with Gasteiger partial charge in [0.2, 0.25) is 0 Å². The van der Waals surface area contributed by atoms with Crippen molar-refractivity contribution in [1.82, 2.24) is 0 Å². The van der Waals surface area contributed by atoms with Gasteiger partial charge in [0.05, 0.1) is 0 Å². The molecule has 1 aromatic carbocycles.